The van der Waals surface area contributed by atoms with E-state index in [9.17, 15) is 14.0 Å². The number of halogens is 1. The molecule has 2 aliphatic heterocycles. The first-order valence-electron chi connectivity index (χ1n) is 12.9. The number of fused-ring (bicyclic) bond motifs is 1. The lowest BCUT2D eigenvalue weighted by atomic mass is 9.96. The highest BCUT2D eigenvalue weighted by Crippen LogP contribution is 2.35. The monoisotopic (exact) mass is 509 g/mol. The molecule has 0 spiro atoms. The highest BCUT2D eigenvalue weighted by Gasteiger charge is 2.38. The van der Waals surface area contributed by atoms with E-state index in [1.54, 1.807) is 42.2 Å². The molecule has 0 aliphatic carbocycles. The number of pyridine rings is 1. The topological polar surface area (TPSA) is 71.3 Å². The van der Waals surface area contributed by atoms with Crippen molar-refractivity contribution in [3.63, 3.8) is 0 Å². The molecular formula is C30H28FN5O2. The van der Waals surface area contributed by atoms with Gasteiger partial charge >= 0.3 is 0 Å². The molecule has 1 fully saturated rings. The largest absolute Gasteiger partial charge is 0.334 e. The number of nitrogens with zero attached hydrogens (tertiary/aromatic N) is 5. The Morgan fingerprint density at radius 1 is 1.08 bits per heavy atom. The number of carbonyl (C=O) groups is 2. The third-order valence-electron chi connectivity index (χ3n) is 7.62. The molecule has 0 saturated carbocycles. The average Bonchev–Trinajstić information content (AvgIpc) is 3.51. The number of benzene rings is 2. The Balaban J connectivity index is 1.28. The Bertz CT molecular complexity index is 1530. The van der Waals surface area contributed by atoms with Gasteiger partial charge in [-0.1, -0.05) is 24.3 Å². The van der Waals surface area contributed by atoms with Crippen molar-refractivity contribution in [3.8, 4) is 16.9 Å². The van der Waals surface area contributed by atoms with E-state index in [2.05, 4.69) is 10.1 Å². The third-order valence-corrected chi connectivity index (χ3v) is 7.62. The van der Waals surface area contributed by atoms with Crippen LogP contribution < -0.4 is 4.90 Å². The van der Waals surface area contributed by atoms with Gasteiger partial charge in [0, 0.05) is 42.3 Å². The molecule has 2 aromatic carbocycles. The summed E-state index contributed by atoms with van der Waals surface area (Å²) in [6, 6.07) is 18.3. The third kappa shape index (κ3) is 4.16. The number of anilines is 1. The van der Waals surface area contributed by atoms with Crippen LogP contribution in [0.2, 0.25) is 0 Å². The number of amides is 2. The van der Waals surface area contributed by atoms with Crippen molar-refractivity contribution < 1.29 is 14.0 Å². The van der Waals surface area contributed by atoms with Crippen molar-refractivity contribution in [2.24, 2.45) is 0 Å². The molecule has 2 amide bonds. The van der Waals surface area contributed by atoms with Gasteiger partial charge in [-0.15, -0.1) is 0 Å². The molecule has 0 bridgehead atoms. The van der Waals surface area contributed by atoms with Gasteiger partial charge in [-0.05, 0) is 74.2 Å². The van der Waals surface area contributed by atoms with Crippen molar-refractivity contribution in [1.29, 1.82) is 0 Å². The summed E-state index contributed by atoms with van der Waals surface area (Å²) in [5.41, 5.74) is 4.84. The van der Waals surface area contributed by atoms with Gasteiger partial charge in [-0.3, -0.25) is 14.6 Å². The number of hydrogen-bond donors (Lipinski definition) is 0. The smallest absolute Gasteiger partial charge is 0.274 e. The summed E-state index contributed by atoms with van der Waals surface area (Å²) in [5.74, 6) is -0.398. The van der Waals surface area contributed by atoms with Crippen molar-refractivity contribution >= 4 is 17.5 Å². The normalized spacial score (nSPS) is 19.1. The van der Waals surface area contributed by atoms with Crippen LogP contribution in [0.5, 0.6) is 0 Å². The first kappa shape index (κ1) is 24.0. The lowest BCUT2D eigenvalue weighted by Gasteiger charge is -2.41. The van der Waals surface area contributed by atoms with Crippen LogP contribution >= 0.6 is 0 Å². The van der Waals surface area contributed by atoms with E-state index in [-0.39, 0.29) is 35.4 Å². The van der Waals surface area contributed by atoms with Gasteiger partial charge in [0.05, 0.1) is 17.8 Å². The molecule has 2 unspecified atom stereocenters. The Morgan fingerprint density at radius 3 is 2.68 bits per heavy atom. The van der Waals surface area contributed by atoms with E-state index in [0.717, 1.165) is 16.8 Å². The fraction of sp³-hybridized carbons (Fsp3) is 0.267. The Kier molecular flexibility index (Phi) is 6.02. The summed E-state index contributed by atoms with van der Waals surface area (Å²) in [6.07, 6.45) is 5.18. The lowest BCUT2D eigenvalue weighted by molar-refractivity contribution is -0.118. The van der Waals surface area contributed by atoms with E-state index >= 15 is 0 Å². The van der Waals surface area contributed by atoms with Gasteiger partial charge in [0.2, 0.25) is 5.91 Å². The highest BCUT2D eigenvalue weighted by atomic mass is 19.1. The molecule has 0 radical (unpaired) electrons. The second kappa shape index (κ2) is 9.52. The summed E-state index contributed by atoms with van der Waals surface area (Å²) in [5, 5.41) is 4.64. The Labute approximate surface area is 220 Å². The molecule has 0 N–H and O–H groups in total. The summed E-state index contributed by atoms with van der Waals surface area (Å²) in [4.78, 5) is 34.5. The van der Waals surface area contributed by atoms with Gasteiger partial charge in [-0.2, -0.15) is 5.10 Å². The summed E-state index contributed by atoms with van der Waals surface area (Å²) in [6.45, 7) is 4.24. The fourth-order valence-electron chi connectivity index (χ4n) is 5.62. The highest BCUT2D eigenvalue weighted by molar-refractivity contribution is 6.02. The molecular weight excluding hydrogens is 481 g/mol. The molecule has 8 heteroatoms. The van der Waals surface area contributed by atoms with Crippen LogP contribution in [0.15, 0.2) is 73.1 Å². The molecule has 38 heavy (non-hydrogen) atoms. The molecule has 2 aliphatic rings. The number of hydrogen-bond acceptors (Lipinski definition) is 4. The predicted octanol–water partition coefficient (Wildman–Crippen LogP) is 4.96. The van der Waals surface area contributed by atoms with Crippen LogP contribution in [-0.4, -0.2) is 50.1 Å². The minimum Gasteiger partial charge on any atom is -0.334 e. The minimum absolute atomic E-state index is 0.0456. The minimum atomic E-state index is -0.336. The maximum absolute atomic E-state index is 14.4. The quantitative estimate of drug-likeness (QED) is 0.390. The molecule has 4 heterocycles. The SMILES string of the molecule is Cc1ccc(-n2nc(C(=O)N3CCC(N4C(=O)Cc5ccccc54)CC3C)cc2-c2cccnc2)cc1F. The Morgan fingerprint density at radius 2 is 1.92 bits per heavy atom. The number of aryl methyl sites for hydroxylation is 1. The fourth-order valence-corrected chi connectivity index (χ4v) is 5.62. The van der Waals surface area contributed by atoms with E-state index in [1.807, 2.05) is 53.1 Å². The molecule has 7 nitrogen and oxygen atoms in total. The second-order valence-corrected chi connectivity index (χ2v) is 10.1. The van der Waals surface area contributed by atoms with Gasteiger partial charge in [0.25, 0.3) is 5.91 Å². The molecule has 2 atom stereocenters. The zero-order valence-corrected chi connectivity index (χ0v) is 21.3. The first-order valence-corrected chi connectivity index (χ1v) is 12.9. The van der Waals surface area contributed by atoms with Crippen LogP contribution in [0.1, 0.15) is 41.4 Å². The van der Waals surface area contributed by atoms with Crippen LogP contribution in [0.25, 0.3) is 16.9 Å². The van der Waals surface area contributed by atoms with Gasteiger partial charge < -0.3 is 9.80 Å². The zero-order chi connectivity index (χ0) is 26.4. The lowest BCUT2D eigenvalue weighted by Crippen LogP contribution is -2.52. The van der Waals surface area contributed by atoms with Gasteiger partial charge in [0.1, 0.15) is 5.82 Å². The predicted molar refractivity (Wildman–Crippen MR) is 143 cm³/mol. The number of aromatic nitrogens is 3. The molecule has 1 saturated heterocycles. The summed E-state index contributed by atoms with van der Waals surface area (Å²) < 4.78 is 16.0. The number of rotatable bonds is 4. The van der Waals surface area contributed by atoms with Crippen LogP contribution in [-0.2, 0) is 11.2 Å². The van der Waals surface area contributed by atoms with E-state index in [1.165, 1.54) is 6.07 Å². The molecule has 4 aromatic rings. The van der Waals surface area contributed by atoms with Gasteiger partial charge in [0.15, 0.2) is 5.69 Å². The molecule has 2 aromatic heterocycles. The standard InChI is InChI=1S/C30H28FN5O2/c1-19-9-10-24(16-25(19)31)36-28(22-7-5-12-32-18-22)17-26(33-36)30(38)34-13-11-23(14-20(34)2)35-27-8-4-3-6-21(27)15-29(35)37/h3-10,12,16-18,20,23H,11,13-15H2,1-2H3. The number of carbonyl (C=O) groups excluding carboxylic acids is 2. The van der Waals surface area contributed by atoms with Crippen LogP contribution in [0, 0.1) is 12.7 Å². The second-order valence-electron chi connectivity index (χ2n) is 10.1. The van der Waals surface area contributed by atoms with Gasteiger partial charge in [-0.25, -0.2) is 9.07 Å². The van der Waals surface area contributed by atoms with Crippen molar-refractivity contribution in [1.82, 2.24) is 19.7 Å². The van der Waals surface area contributed by atoms with E-state index in [4.69, 9.17) is 0 Å². The van der Waals surface area contributed by atoms with E-state index < -0.39 is 0 Å². The molecule has 6 rings (SSSR count). The van der Waals surface area contributed by atoms with Crippen molar-refractivity contribution in [3.05, 3.63) is 95.7 Å². The zero-order valence-electron chi connectivity index (χ0n) is 21.3. The summed E-state index contributed by atoms with van der Waals surface area (Å²) >= 11 is 0. The average molecular weight is 510 g/mol. The number of likely N-dealkylation sites (tertiary alicyclic amines) is 1. The summed E-state index contributed by atoms with van der Waals surface area (Å²) in [7, 11) is 0. The number of piperidine rings is 1. The molecule has 192 valence electrons. The first-order chi connectivity index (χ1) is 18.4. The Hall–Kier alpha value is -4.33. The van der Waals surface area contributed by atoms with Crippen LogP contribution in [0.3, 0.4) is 0 Å². The maximum atomic E-state index is 14.4. The number of para-hydroxylation sites is 1. The van der Waals surface area contributed by atoms with Crippen LogP contribution in [0.4, 0.5) is 10.1 Å². The van der Waals surface area contributed by atoms with E-state index in [0.29, 0.717) is 42.8 Å². The van der Waals surface area contributed by atoms with Crippen molar-refractivity contribution in [2.45, 2.75) is 45.2 Å². The van der Waals surface area contributed by atoms with Crippen molar-refractivity contribution in [2.75, 3.05) is 11.4 Å². The maximum Gasteiger partial charge on any atom is 0.274 e.